The maximum Gasteiger partial charge on any atom is 0.412 e. The normalized spacial score (nSPS) is 14.5. The Kier molecular flexibility index (Phi) is 9.94. The number of rotatable bonds is 4. The Morgan fingerprint density at radius 2 is 1.59 bits per heavy atom. The van der Waals surface area contributed by atoms with Gasteiger partial charge in [-0.3, -0.25) is 5.32 Å². The number of anilines is 1. The zero-order valence-corrected chi connectivity index (χ0v) is 23.6. The SMILES string of the molecule is CC.CCOC(=O)c1cn2nc(C3CCN(C(=O)OC(C)(C)C)CC3)cc2cc1NC(=O)OC(C)(C)C. The molecule has 3 heterocycles. The lowest BCUT2D eigenvalue weighted by molar-refractivity contribution is 0.0203. The van der Waals surface area contributed by atoms with Gasteiger partial charge in [-0.2, -0.15) is 5.10 Å². The molecule has 0 atom stereocenters. The molecule has 2 aromatic heterocycles. The second-order valence-electron chi connectivity index (χ2n) is 10.6. The highest BCUT2D eigenvalue weighted by molar-refractivity contribution is 6.00. The summed E-state index contributed by atoms with van der Waals surface area (Å²) in [6.45, 7) is 17.9. The molecule has 0 unspecified atom stereocenters. The summed E-state index contributed by atoms with van der Waals surface area (Å²) in [6, 6.07) is 3.62. The van der Waals surface area contributed by atoms with Crippen LogP contribution >= 0.6 is 0 Å². The largest absolute Gasteiger partial charge is 0.462 e. The minimum Gasteiger partial charge on any atom is -0.462 e. The van der Waals surface area contributed by atoms with Gasteiger partial charge >= 0.3 is 18.2 Å². The van der Waals surface area contributed by atoms with Gasteiger partial charge in [0.25, 0.3) is 0 Å². The summed E-state index contributed by atoms with van der Waals surface area (Å²) in [6.07, 6.45) is 2.08. The van der Waals surface area contributed by atoms with Crippen molar-refractivity contribution in [2.75, 3.05) is 25.0 Å². The molecule has 2 amide bonds. The van der Waals surface area contributed by atoms with Gasteiger partial charge in [0.05, 0.1) is 23.5 Å². The molecule has 1 saturated heterocycles. The van der Waals surface area contributed by atoms with Crippen molar-refractivity contribution in [3.63, 3.8) is 0 Å². The highest BCUT2D eigenvalue weighted by Gasteiger charge is 2.29. The number of esters is 1. The Balaban J connectivity index is 0.00000235. The molecule has 0 aliphatic carbocycles. The molecule has 1 fully saturated rings. The van der Waals surface area contributed by atoms with Crippen LogP contribution in [-0.4, -0.2) is 63.6 Å². The van der Waals surface area contributed by atoms with Crippen molar-refractivity contribution in [2.45, 2.75) is 92.3 Å². The van der Waals surface area contributed by atoms with E-state index in [2.05, 4.69) is 10.4 Å². The Labute approximate surface area is 219 Å². The lowest BCUT2D eigenvalue weighted by Gasteiger charge is -2.32. The van der Waals surface area contributed by atoms with Gasteiger partial charge < -0.3 is 19.1 Å². The van der Waals surface area contributed by atoms with Gasteiger partial charge in [-0.25, -0.2) is 18.9 Å². The van der Waals surface area contributed by atoms with Crippen molar-refractivity contribution >= 4 is 29.4 Å². The summed E-state index contributed by atoms with van der Waals surface area (Å²) in [4.78, 5) is 39.0. The van der Waals surface area contributed by atoms with Gasteiger partial charge in [0.2, 0.25) is 0 Å². The van der Waals surface area contributed by atoms with Gasteiger partial charge in [0.1, 0.15) is 16.8 Å². The second-order valence-corrected chi connectivity index (χ2v) is 10.6. The predicted octanol–water partition coefficient (Wildman–Crippen LogP) is 6.00. The van der Waals surface area contributed by atoms with E-state index in [9.17, 15) is 14.4 Å². The van der Waals surface area contributed by atoms with Crippen LogP contribution in [0.2, 0.25) is 0 Å². The maximum absolute atomic E-state index is 12.6. The maximum atomic E-state index is 12.6. The van der Waals surface area contributed by atoms with E-state index in [1.165, 1.54) is 0 Å². The zero-order chi connectivity index (χ0) is 28.0. The van der Waals surface area contributed by atoms with Gasteiger partial charge in [-0.05, 0) is 73.4 Å². The van der Waals surface area contributed by atoms with Crippen molar-refractivity contribution in [1.82, 2.24) is 14.5 Å². The summed E-state index contributed by atoms with van der Waals surface area (Å²) in [5.41, 5.74) is 0.829. The molecule has 2 aromatic rings. The minimum atomic E-state index is -0.684. The third kappa shape index (κ3) is 8.65. The molecule has 1 N–H and O–H groups in total. The van der Waals surface area contributed by atoms with Crippen molar-refractivity contribution in [1.29, 1.82) is 0 Å². The predicted molar refractivity (Wildman–Crippen MR) is 142 cm³/mol. The zero-order valence-electron chi connectivity index (χ0n) is 23.6. The number of nitrogens with zero attached hydrogens (tertiary/aromatic N) is 3. The molecule has 0 saturated carbocycles. The standard InChI is InChI=1S/C25H36N4O6.C2H6/c1-8-33-21(30)18-15-29-17(14-20(18)26-22(31)34-24(2,3)4)13-19(27-29)16-9-11-28(12-10-16)23(32)35-25(5,6)7;1-2/h13-16H,8-12H2,1-7H3,(H,26,31);1-2H3. The van der Waals surface area contributed by atoms with E-state index < -0.39 is 23.3 Å². The topological polar surface area (TPSA) is 111 Å². The number of amides is 2. The molecule has 3 rings (SSSR count). The van der Waals surface area contributed by atoms with Crippen molar-refractivity contribution in [3.8, 4) is 0 Å². The van der Waals surface area contributed by atoms with Crippen LogP contribution in [-0.2, 0) is 14.2 Å². The average Bonchev–Trinajstić information content (AvgIpc) is 3.20. The highest BCUT2D eigenvalue weighted by atomic mass is 16.6. The summed E-state index contributed by atoms with van der Waals surface area (Å²) < 4.78 is 17.6. The fraction of sp³-hybridized carbons (Fsp3) is 0.630. The van der Waals surface area contributed by atoms with E-state index in [4.69, 9.17) is 14.2 Å². The average molecular weight is 519 g/mol. The van der Waals surface area contributed by atoms with Crippen LogP contribution in [0.25, 0.3) is 5.52 Å². The third-order valence-corrected chi connectivity index (χ3v) is 5.31. The lowest BCUT2D eigenvalue weighted by Crippen LogP contribution is -2.41. The van der Waals surface area contributed by atoms with Crippen molar-refractivity contribution in [3.05, 3.63) is 29.6 Å². The van der Waals surface area contributed by atoms with Crippen molar-refractivity contribution in [2.24, 2.45) is 0 Å². The molecular formula is C27H42N4O6. The molecule has 10 heteroatoms. The van der Waals surface area contributed by atoms with Crippen LogP contribution in [0.1, 0.15) is 97.1 Å². The minimum absolute atomic E-state index is 0.155. The first kappa shape index (κ1) is 29.9. The van der Waals surface area contributed by atoms with Gasteiger partial charge in [-0.15, -0.1) is 0 Å². The number of fused-ring (bicyclic) bond motifs is 1. The van der Waals surface area contributed by atoms with Gasteiger partial charge in [0, 0.05) is 25.2 Å². The van der Waals surface area contributed by atoms with E-state index in [-0.39, 0.29) is 29.9 Å². The number of nitrogens with one attached hydrogen (secondary N) is 1. The van der Waals surface area contributed by atoms with E-state index in [0.29, 0.717) is 18.6 Å². The molecule has 37 heavy (non-hydrogen) atoms. The number of carbonyl (C=O) groups excluding carboxylic acids is 3. The van der Waals surface area contributed by atoms with Crippen LogP contribution in [0.3, 0.4) is 0 Å². The number of pyridine rings is 1. The Morgan fingerprint density at radius 1 is 1.00 bits per heavy atom. The van der Waals surface area contributed by atoms with Crippen LogP contribution in [0, 0.1) is 0 Å². The number of hydrogen-bond acceptors (Lipinski definition) is 7. The molecule has 0 spiro atoms. The van der Waals surface area contributed by atoms with Crippen LogP contribution < -0.4 is 5.32 Å². The second kappa shape index (κ2) is 12.3. The fourth-order valence-corrected chi connectivity index (χ4v) is 3.83. The highest BCUT2D eigenvalue weighted by Crippen LogP contribution is 2.30. The Hall–Kier alpha value is -3.30. The molecule has 0 radical (unpaired) electrons. The first-order chi connectivity index (χ1) is 17.3. The Morgan fingerprint density at radius 3 is 2.14 bits per heavy atom. The van der Waals surface area contributed by atoms with Crippen molar-refractivity contribution < 1.29 is 28.6 Å². The number of piperidine rings is 1. The summed E-state index contributed by atoms with van der Waals surface area (Å²) >= 11 is 0. The summed E-state index contributed by atoms with van der Waals surface area (Å²) in [5, 5.41) is 7.34. The number of likely N-dealkylation sites (tertiary alicyclic amines) is 1. The lowest BCUT2D eigenvalue weighted by atomic mass is 9.94. The smallest absolute Gasteiger partial charge is 0.412 e. The van der Waals surface area contributed by atoms with Crippen LogP contribution in [0.4, 0.5) is 15.3 Å². The number of carbonyl (C=O) groups is 3. The number of ether oxygens (including phenoxy) is 3. The molecule has 0 aromatic carbocycles. The van der Waals surface area contributed by atoms with Gasteiger partial charge in [0.15, 0.2) is 0 Å². The quantitative estimate of drug-likeness (QED) is 0.390. The van der Waals surface area contributed by atoms with E-state index in [0.717, 1.165) is 18.5 Å². The summed E-state index contributed by atoms with van der Waals surface area (Å²) in [5.74, 6) is -0.412. The molecule has 0 bridgehead atoms. The third-order valence-electron chi connectivity index (χ3n) is 5.31. The molecule has 1 aliphatic heterocycles. The molecule has 1 aliphatic rings. The van der Waals surface area contributed by atoms with Gasteiger partial charge in [-0.1, -0.05) is 13.8 Å². The molecule has 206 valence electrons. The summed E-state index contributed by atoms with van der Waals surface area (Å²) in [7, 11) is 0. The van der Waals surface area contributed by atoms with E-state index in [1.54, 1.807) is 49.4 Å². The first-order valence-corrected chi connectivity index (χ1v) is 12.9. The number of aromatic nitrogens is 2. The van der Waals surface area contributed by atoms with Crippen LogP contribution in [0.15, 0.2) is 18.3 Å². The van der Waals surface area contributed by atoms with E-state index >= 15 is 0 Å². The van der Waals surface area contributed by atoms with Crippen LogP contribution in [0.5, 0.6) is 0 Å². The number of hydrogen-bond donors (Lipinski definition) is 1. The monoisotopic (exact) mass is 518 g/mol. The fourth-order valence-electron chi connectivity index (χ4n) is 3.83. The van der Waals surface area contributed by atoms with E-state index in [1.807, 2.05) is 40.7 Å². The molecular weight excluding hydrogens is 476 g/mol. The molecule has 10 nitrogen and oxygen atoms in total. The Bertz CT molecular complexity index is 1090. The first-order valence-electron chi connectivity index (χ1n) is 12.9.